The Morgan fingerprint density at radius 2 is 2.21 bits per heavy atom. The number of benzene rings is 1. The fourth-order valence-electron chi connectivity index (χ4n) is 1.48. The fraction of sp³-hybridized carbons (Fsp3) is 0.455. The molecule has 2 rings (SSSR count). The van der Waals surface area contributed by atoms with Gasteiger partial charge in [-0.25, -0.2) is 0 Å². The van der Waals surface area contributed by atoms with E-state index in [2.05, 4.69) is 6.07 Å². The third kappa shape index (κ3) is 2.22. The summed E-state index contributed by atoms with van der Waals surface area (Å²) in [4.78, 5) is 0.950. The van der Waals surface area contributed by atoms with Crippen LogP contribution in [0.15, 0.2) is 23.1 Å². The van der Waals surface area contributed by atoms with Crippen molar-refractivity contribution in [1.29, 1.82) is 0 Å². The van der Waals surface area contributed by atoms with Crippen molar-refractivity contribution in [2.75, 3.05) is 12.4 Å². The zero-order valence-electron chi connectivity index (χ0n) is 8.45. The molecule has 1 aromatic rings. The number of rotatable bonds is 3. The largest absolute Gasteiger partial charge is 0.372 e. The summed E-state index contributed by atoms with van der Waals surface area (Å²) < 4.78 is 16.9. The van der Waals surface area contributed by atoms with E-state index in [4.69, 9.17) is 4.74 Å². The van der Waals surface area contributed by atoms with Crippen LogP contribution in [0, 0.1) is 13.8 Å². The second-order valence-electron chi connectivity index (χ2n) is 3.74. The fourth-order valence-corrected chi connectivity index (χ4v) is 2.83. The molecule has 1 aliphatic heterocycles. The molecule has 2 unspecified atom stereocenters. The molecule has 2 atom stereocenters. The zero-order valence-corrected chi connectivity index (χ0v) is 9.26. The molecule has 0 N–H and O–H groups in total. The molecule has 0 radical (unpaired) electrons. The summed E-state index contributed by atoms with van der Waals surface area (Å²) in [6.07, 6.45) is 0.233. The van der Waals surface area contributed by atoms with E-state index in [1.54, 1.807) is 0 Å². The Hall–Kier alpha value is -0.670. The first kappa shape index (κ1) is 9.87. The Balaban J connectivity index is 2.17. The van der Waals surface area contributed by atoms with Crippen LogP contribution in [0.4, 0.5) is 0 Å². The summed E-state index contributed by atoms with van der Waals surface area (Å²) in [7, 11) is -0.896. The molecule has 0 spiro atoms. The molecule has 2 nitrogen and oxygen atoms in total. The second-order valence-corrected chi connectivity index (χ2v) is 5.20. The molecule has 0 saturated carbocycles. The molecule has 3 heteroatoms. The van der Waals surface area contributed by atoms with Crippen LogP contribution in [0.1, 0.15) is 11.1 Å². The van der Waals surface area contributed by atoms with Gasteiger partial charge in [0.2, 0.25) is 0 Å². The molecule has 1 fully saturated rings. The third-order valence-electron chi connectivity index (χ3n) is 2.32. The molecule has 0 aromatic heterocycles. The van der Waals surface area contributed by atoms with Gasteiger partial charge in [0.25, 0.3) is 0 Å². The van der Waals surface area contributed by atoms with Gasteiger partial charge >= 0.3 is 0 Å². The molecule has 1 saturated heterocycles. The van der Waals surface area contributed by atoms with Gasteiger partial charge in [0.1, 0.15) is 0 Å². The van der Waals surface area contributed by atoms with Gasteiger partial charge in [0.15, 0.2) is 0 Å². The normalized spacial score (nSPS) is 22.0. The highest BCUT2D eigenvalue weighted by molar-refractivity contribution is 7.85. The lowest BCUT2D eigenvalue weighted by Crippen LogP contribution is -2.05. The van der Waals surface area contributed by atoms with Crippen LogP contribution in [-0.2, 0) is 15.5 Å². The number of hydrogen-bond acceptors (Lipinski definition) is 2. The molecule has 0 amide bonds. The van der Waals surface area contributed by atoms with Crippen LogP contribution in [0.2, 0.25) is 0 Å². The van der Waals surface area contributed by atoms with Gasteiger partial charge in [0.05, 0.1) is 29.3 Å². The van der Waals surface area contributed by atoms with Crippen LogP contribution >= 0.6 is 0 Å². The quantitative estimate of drug-likeness (QED) is 0.712. The molecular weight excluding hydrogens is 196 g/mol. The number of aryl methyl sites for hydroxylation is 2. The van der Waals surface area contributed by atoms with Gasteiger partial charge in [-0.1, -0.05) is 17.7 Å². The monoisotopic (exact) mass is 210 g/mol. The topological polar surface area (TPSA) is 29.6 Å². The van der Waals surface area contributed by atoms with Crippen LogP contribution in [0.3, 0.4) is 0 Å². The van der Waals surface area contributed by atoms with Gasteiger partial charge in [0, 0.05) is 4.90 Å². The molecule has 0 bridgehead atoms. The summed E-state index contributed by atoms with van der Waals surface area (Å²) in [6, 6.07) is 6.04. The molecule has 1 aromatic carbocycles. The van der Waals surface area contributed by atoms with E-state index >= 15 is 0 Å². The van der Waals surface area contributed by atoms with Crippen LogP contribution in [0.25, 0.3) is 0 Å². The minimum atomic E-state index is -0.896. The van der Waals surface area contributed by atoms with E-state index in [1.807, 2.05) is 26.0 Å². The lowest BCUT2D eigenvalue weighted by Gasteiger charge is -2.05. The smallest absolute Gasteiger partial charge is 0.0928 e. The highest BCUT2D eigenvalue weighted by atomic mass is 32.2. The highest BCUT2D eigenvalue weighted by Crippen LogP contribution is 2.19. The van der Waals surface area contributed by atoms with Crippen LogP contribution in [0.5, 0.6) is 0 Å². The second kappa shape index (κ2) is 3.83. The minimum absolute atomic E-state index is 0.233. The van der Waals surface area contributed by atoms with E-state index in [-0.39, 0.29) is 6.10 Å². The lowest BCUT2D eigenvalue weighted by atomic mass is 10.2. The Morgan fingerprint density at radius 3 is 2.79 bits per heavy atom. The summed E-state index contributed by atoms with van der Waals surface area (Å²) >= 11 is 0. The first-order chi connectivity index (χ1) is 6.66. The first-order valence-corrected chi connectivity index (χ1v) is 6.06. The molecule has 1 aliphatic rings. The maximum atomic E-state index is 11.9. The SMILES string of the molecule is Cc1ccc(S(=O)CC2CO2)c(C)c1. The average molecular weight is 210 g/mol. The predicted octanol–water partition coefficient (Wildman–Crippen LogP) is 1.81. The van der Waals surface area contributed by atoms with Crippen molar-refractivity contribution < 1.29 is 8.95 Å². The molecule has 0 aliphatic carbocycles. The molecule has 1 heterocycles. The molecular formula is C11H14O2S. The van der Waals surface area contributed by atoms with Crippen molar-refractivity contribution in [1.82, 2.24) is 0 Å². The zero-order chi connectivity index (χ0) is 10.1. The number of hydrogen-bond donors (Lipinski definition) is 0. The van der Waals surface area contributed by atoms with Crippen molar-refractivity contribution in [2.45, 2.75) is 24.8 Å². The highest BCUT2D eigenvalue weighted by Gasteiger charge is 2.25. The Bertz CT molecular complexity index is 370. The van der Waals surface area contributed by atoms with Crippen molar-refractivity contribution >= 4 is 10.8 Å². The van der Waals surface area contributed by atoms with Gasteiger partial charge in [-0.15, -0.1) is 0 Å². The predicted molar refractivity (Wildman–Crippen MR) is 56.9 cm³/mol. The Kier molecular flexibility index (Phi) is 2.70. The standard InChI is InChI=1S/C11H14O2S/c1-8-3-4-11(9(2)5-8)14(12)7-10-6-13-10/h3-5,10H,6-7H2,1-2H3. The molecule has 76 valence electrons. The first-order valence-electron chi connectivity index (χ1n) is 4.74. The van der Waals surface area contributed by atoms with Crippen molar-refractivity contribution in [3.05, 3.63) is 29.3 Å². The van der Waals surface area contributed by atoms with Crippen LogP contribution < -0.4 is 0 Å². The Labute approximate surface area is 86.7 Å². The Morgan fingerprint density at radius 1 is 1.50 bits per heavy atom. The van der Waals surface area contributed by atoms with E-state index in [0.29, 0.717) is 5.75 Å². The van der Waals surface area contributed by atoms with E-state index < -0.39 is 10.8 Å². The average Bonchev–Trinajstić information content (AvgIpc) is 2.87. The van der Waals surface area contributed by atoms with E-state index in [0.717, 1.165) is 17.1 Å². The maximum Gasteiger partial charge on any atom is 0.0928 e. The van der Waals surface area contributed by atoms with Crippen molar-refractivity contribution in [3.63, 3.8) is 0 Å². The van der Waals surface area contributed by atoms with Gasteiger partial charge in [-0.05, 0) is 25.5 Å². The van der Waals surface area contributed by atoms with Gasteiger partial charge in [-0.2, -0.15) is 0 Å². The minimum Gasteiger partial charge on any atom is -0.372 e. The maximum absolute atomic E-state index is 11.9. The third-order valence-corrected chi connectivity index (χ3v) is 3.94. The lowest BCUT2D eigenvalue weighted by molar-refractivity contribution is 0.424. The van der Waals surface area contributed by atoms with Crippen molar-refractivity contribution in [2.24, 2.45) is 0 Å². The van der Waals surface area contributed by atoms with Gasteiger partial charge < -0.3 is 4.74 Å². The van der Waals surface area contributed by atoms with Crippen LogP contribution in [-0.4, -0.2) is 22.7 Å². The van der Waals surface area contributed by atoms with Crippen molar-refractivity contribution in [3.8, 4) is 0 Å². The summed E-state index contributed by atoms with van der Waals surface area (Å²) in [5.41, 5.74) is 2.33. The van der Waals surface area contributed by atoms with E-state index in [9.17, 15) is 4.21 Å². The number of ether oxygens (including phenoxy) is 1. The summed E-state index contributed by atoms with van der Waals surface area (Å²) in [5, 5.41) is 0. The molecule has 14 heavy (non-hydrogen) atoms. The van der Waals surface area contributed by atoms with Gasteiger partial charge in [-0.3, -0.25) is 4.21 Å². The number of epoxide rings is 1. The summed E-state index contributed by atoms with van der Waals surface area (Å²) in [5.74, 6) is 0.643. The van der Waals surface area contributed by atoms with E-state index in [1.165, 1.54) is 5.56 Å². The summed E-state index contributed by atoms with van der Waals surface area (Å²) in [6.45, 7) is 4.83.